The van der Waals surface area contributed by atoms with Gasteiger partial charge in [-0.1, -0.05) is 35.0 Å². The van der Waals surface area contributed by atoms with Gasteiger partial charge in [-0.05, 0) is 31.0 Å². The molecule has 0 saturated heterocycles. The van der Waals surface area contributed by atoms with Crippen molar-refractivity contribution in [3.05, 3.63) is 51.6 Å². The van der Waals surface area contributed by atoms with Crippen molar-refractivity contribution in [1.82, 2.24) is 9.97 Å². The van der Waals surface area contributed by atoms with Crippen molar-refractivity contribution in [2.45, 2.75) is 26.7 Å². The van der Waals surface area contributed by atoms with Gasteiger partial charge in [-0.3, -0.25) is 0 Å². The topological polar surface area (TPSA) is 37.8 Å². The van der Waals surface area contributed by atoms with Crippen LogP contribution in [0.4, 0.5) is 10.2 Å². The van der Waals surface area contributed by atoms with E-state index < -0.39 is 0 Å². The van der Waals surface area contributed by atoms with Gasteiger partial charge in [-0.15, -0.1) is 0 Å². The molecule has 2 rings (SSSR count). The lowest BCUT2D eigenvalue weighted by Gasteiger charge is -2.09. The zero-order valence-electron chi connectivity index (χ0n) is 11.6. The summed E-state index contributed by atoms with van der Waals surface area (Å²) in [7, 11) is 0. The molecule has 1 aromatic heterocycles. The van der Waals surface area contributed by atoms with Gasteiger partial charge in [0.15, 0.2) is 11.6 Å². The van der Waals surface area contributed by atoms with Crippen LogP contribution in [0, 0.1) is 12.7 Å². The number of hydrogen-bond donors (Lipinski definition) is 1. The van der Waals surface area contributed by atoms with Crippen molar-refractivity contribution in [2.24, 2.45) is 0 Å². The molecule has 0 aliphatic heterocycles. The van der Waals surface area contributed by atoms with Crippen molar-refractivity contribution >= 4 is 21.7 Å². The third-order valence-electron chi connectivity index (χ3n) is 2.88. The van der Waals surface area contributed by atoms with E-state index in [-0.39, 0.29) is 5.82 Å². The van der Waals surface area contributed by atoms with Gasteiger partial charge in [0.05, 0.1) is 5.69 Å². The van der Waals surface area contributed by atoms with E-state index in [1.54, 1.807) is 6.92 Å². The lowest BCUT2D eigenvalue weighted by molar-refractivity contribution is 0.600. The van der Waals surface area contributed by atoms with Crippen LogP contribution in [0.15, 0.2) is 28.7 Å². The highest BCUT2D eigenvalue weighted by Crippen LogP contribution is 2.17. The summed E-state index contributed by atoms with van der Waals surface area (Å²) in [5.74, 6) is 0.564. The van der Waals surface area contributed by atoms with E-state index in [9.17, 15) is 4.39 Å². The Morgan fingerprint density at radius 1 is 1.20 bits per heavy atom. The number of rotatable bonds is 5. The molecule has 0 aliphatic rings. The summed E-state index contributed by atoms with van der Waals surface area (Å²) in [6.45, 7) is 4.39. The highest BCUT2D eigenvalue weighted by molar-refractivity contribution is 9.10. The fourth-order valence-corrected chi connectivity index (χ4v) is 2.11. The molecule has 5 heteroatoms. The van der Waals surface area contributed by atoms with E-state index in [4.69, 9.17) is 0 Å². The first kappa shape index (κ1) is 14.9. The Bertz CT molecular complexity index is 584. The van der Waals surface area contributed by atoms with Crippen LogP contribution >= 0.6 is 15.9 Å². The molecule has 0 saturated carbocycles. The molecule has 0 amide bonds. The summed E-state index contributed by atoms with van der Waals surface area (Å²) in [5, 5.41) is 3.01. The highest BCUT2D eigenvalue weighted by atomic mass is 79.9. The van der Waals surface area contributed by atoms with E-state index in [0.29, 0.717) is 30.3 Å². The van der Waals surface area contributed by atoms with Crippen molar-refractivity contribution < 1.29 is 4.39 Å². The number of nitrogens with zero attached hydrogens (tertiary/aromatic N) is 2. The molecule has 0 bridgehead atoms. The molecule has 2 aromatic rings. The van der Waals surface area contributed by atoms with Crippen molar-refractivity contribution in [2.75, 3.05) is 11.9 Å². The Labute approximate surface area is 126 Å². The first-order valence-corrected chi connectivity index (χ1v) is 7.40. The number of benzene rings is 1. The van der Waals surface area contributed by atoms with E-state index in [1.807, 2.05) is 31.2 Å². The Morgan fingerprint density at radius 3 is 2.55 bits per heavy atom. The van der Waals surface area contributed by atoms with Gasteiger partial charge < -0.3 is 5.32 Å². The Hall–Kier alpha value is -1.49. The van der Waals surface area contributed by atoms with Crippen LogP contribution in [-0.4, -0.2) is 16.5 Å². The summed E-state index contributed by atoms with van der Waals surface area (Å²) in [4.78, 5) is 8.50. The molecular formula is C15H17BrFN3. The molecule has 0 aliphatic carbocycles. The third-order valence-corrected chi connectivity index (χ3v) is 3.41. The predicted octanol–water partition coefficient (Wildman–Crippen LogP) is 4.10. The van der Waals surface area contributed by atoms with E-state index in [0.717, 1.165) is 16.5 Å². The lowest BCUT2D eigenvalue weighted by Crippen LogP contribution is -2.10. The van der Waals surface area contributed by atoms with Gasteiger partial charge in [-0.2, -0.15) is 0 Å². The summed E-state index contributed by atoms with van der Waals surface area (Å²) in [5.41, 5.74) is 1.48. The third kappa shape index (κ3) is 3.76. The minimum Gasteiger partial charge on any atom is -0.368 e. The second kappa shape index (κ2) is 6.79. The number of nitrogens with one attached hydrogen (secondary N) is 1. The van der Waals surface area contributed by atoms with E-state index >= 15 is 0 Å². The molecule has 1 N–H and O–H groups in total. The highest BCUT2D eigenvalue weighted by Gasteiger charge is 2.11. The van der Waals surface area contributed by atoms with E-state index in [1.165, 1.54) is 0 Å². The Morgan fingerprint density at radius 2 is 1.90 bits per heavy atom. The van der Waals surface area contributed by atoms with Gasteiger partial charge in [0.2, 0.25) is 0 Å². The van der Waals surface area contributed by atoms with Crippen LogP contribution in [0.5, 0.6) is 0 Å². The summed E-state index contributed by atoms with van der Waals surface area (Å²) < 4.78 is 14.9. The maximum atomic E-state index is 13.9. The van der Waals surface area contributed by atoms with E-state index in [2.05, 4.69) is 31.2 Å². The maximum Gasteiger partial charge on any atom is 0.186 e. The minimum absolute atomic E-state index is 0.298. The molecule has 1 heterocycles. The smallest absolute Gasteiger partial charge is 0.186 e. The standard InChI is InChI=1S/C15H17BrFN3/c1-3-8-18-15-14(17)10(2)19-13(20-15)9-11-4-6-12(16)7-5-11/h4-7H,3,8-9H2,1-2H3,(H,18,19,20). The molecule has 0 unspecified atom stereocenters. The SMILES string of the molecule is CCCNc1nc(Cc2ccc(Br)cc2)nc(C)c1F. The number of aryl methyl sites for hydroxylation is 1. The van der Waals surface area contributed by atoms with Crippen LogP contribution in [0.3, 0.4) is 0 Å². The van der Waals surface area contributed by atoms with Crippen molar-refractivity contribution in [3.63, 3.8) is 0 Å². The molecule has 20 heavy (non-hydrogen) atoms. The summed E-state index contributed by atoms with van der Waals surface area (Å²) in [6, 6.07) is 7.96. The van der Waals surface area contributed by atoms with Gasteiger partial charge in [0.25, 0.3) is 0 Å². The Balaban J connectivity index is 2.23. The maximum absolute atomic E-state index is 13.9. The van der Waals surface area contributed by atoms with Crippen molar-refractivity contribution in [3.8, 4) is 0 Å². The molecular weight excluding hydrogens is 321 g/mol. The predicted molar refractivity (Wildman–Crippen MR) is 82.5 cm³/mol. The average molecular weight is 338 g/mol. The number of hydrogen-bond acceptors (Lipinski definition) is 3. The van der Waals surface area contributed by atoms with Crippen LogP contribution in [-0.2, 0) is 6.42 Å². The molecule has 0 spiro atoms. The average Bonchev–Trinajstić information content (AvgIpc) is 2.43. The van der Waals surface area contributed by atoms with Gasteiger partial charge >= 0.3 is 0 Å². The first-order valence-electron chi connectivity index (χ1n) is 6.61. The zero-order chi connectivity index (χ0) is 14.5. The van der Waals surface area contributed by atoms with Gasteiger partial charge in [-0.25, -0.2) is 14.4 Å². The van der Waals surface area contributed by atoms with Crippen LogP contribution in [0.25, 0.3) is 0 Å². The summed E-state index contributed by atoms with van der Waals surface area (Å²) in [6.07, 6.45) is 1.51. The first-order chi connectivity index (χ1) is 9.60. The zero-order valence-corrected chi connectivity index (χ0v) is 13.2. The molecule has 106 valence electrons. The second-order valence-corrected chi connectivity index (χ2v) is 5.53. The lowest BCUT2D eigenvalue weighted by atomic mass is 10.1. The van der Waals surface area contributed by atoms with Crippen LogP contribution in [0.1, 0.15) is 30.4 Å². The van der Waals surface area contributed by atoms with Gasteiger partial charge in [0.1, 0.15) is 5.82 Å². The fourth-order valence-electron chi connectivity index (χ4n) is 1.84. The number of anilines is 1. The molecule has 3 nitrogen and oxygen atoms in total. The minimum atomic E-state index is -0.363. The quantitative estimate of drug-likeness (QED) is 0.892. The molecule has 0 radical (unpaired) electrons. The monoisotopic (exact) mass is 337 g/mol. The molecule has 1 aromatic carbocycles. The van der Waals surface area contributed by atoms with Crippen LogP contribution < -0.4 is 5.32 Å². The normalized spacial score (nSPS) is 10.6. The molecule has 0 fully saturated rings. The number of aromatic nitrogens is 2. The van der Waals surface area contributed by atoms with Gasteiger partial charge in [0, 0.05) is 17.4 Å². The summed E-state index contributed by atoms with van der Waals surface area (Å²) >= 11 is 3.40. The number of halogens is 2. The Kier molecular flexibility index (Phi) is 5.06. The largest absolute Gasteiger partial charge is 0.368 e. The van der Waals surface area contributed by atoms with Crippen molar-refractivity contribution in [1.29, 1.82) is 0 Å². The fraction of sp³-hybridized carbons (Fsp3) is 0.333. The second-order valence-electron chi connectivity index (χ2n) is 4.62. The van der Waals surface area contributed by atoms with Crippen LogP contribution in [0.2, 0.25) is 0 Å². The molecule has 0 atom stereocenters.